The Balaban J connectivity index is 1.50. The van der Waals surface area contributed by atoms with Gasteiger partial charge in [-0.05, 0) is 57.7 Å². The molecule has 1 aromatic heterocycles. The number of nitrogens with zero attached hydrogens (tertiary/aromatic N) is 2. The molecule has 18 heteroatoms. The molecular weight excluding hydrogens is 787 g/mol. The third kappa shape index (κ3) is 26.5. The van der Waals surface area contributed by atoms with E-state index in [1.54, 1.807) is 12.1 Å². The van der Waals surface area contributed by atoms with Crippen molar-refractivity contribution in [3.8, 4) is 0 Å². The van der Waals surface area contributed by atoms with Crippen molar-refractivity contribution in [3.05, 3.63) is 48.0 Å². The van der Waals surface area contributed by atoms with Crippen molar-refractivity contribution in [2.24, 2.45) is 0 Å². The number of carbonyl (C=O) groups excluding carboxylic acids is 3. The topological polar surface area (TPSA) is 231 Å². The monoisotopic (exact) mass is 851 g/mol. The first-order chi connectivity index (χ1) is 28.2. The molecule has 0 unspecified atom stereocenters. The van der Waals surface area contributed by atoms with Crippen molar-refractivity contribution in [2.75, 3.05) is 70.7 Å². The maximum atomic E-state index is 13.0. The van der Waals surface area contributed by atoms with Gasteiger partial charge in [0.05, 0.1) is 62.6 Å². The highest BCUT2D eigenvalue weighted by Crippen LogP contribution is 2.18. The van der Waals surface area contributed by atoms with Crippen LogP contribution in [0.4, 0.5) is 5.69 Å². The number of ether oxygens (including phenoxy) is 5. The summed E-state index contributed by atoms with van der Waals surface area (Å²) < 4.78 is 54.3. The Bertz CT molecular complexity index is 1600. The van der Waals surface area contributed by atoms with E-state index in [4.69, 9.17) is 28.8 Å². The summed E-state index contributed by atoms with van der Waals surface area (Å²) in [5.41, 5.74) is 0.782. The summed E-state index contributed by atoms with van der Waals surface area (Å²) in [7, 11) is -3.88. The van der Waals surface area contributed by atoms with Crippen molar-refractivity contribution in [3.63, 3.8) is 0 Å². The van der Waals surface area contributed by atoms with Gasteiger partial charge in [-0.15, -0.1) is 0 Å². The number of hydrogen-bond acceptors (Lipinski definition) is 13. The maximum Gasteiger partial charge on any atom is 0.329 e. The molecule has 0 spiro atoms. The van der Waals surface area contributed by atoms with Crippen LogP contribution in [-0.2, 0) is 54.5 Å². The van der Waals surface area contributed by atoms with Crippen molar-refractivity contribution in [1.29, 1.82) is 0 Å². The third-order valence-corrected chi connectivity index (χ3v) is 9.81. The van der Waals surface area contributed by atoms with E-state index in [0.29, 0.717) is 6.42 Å². The fourth-order valence-electron chi connectivity index (χ4n) is 5.52. The highest BCUT2D eigenvalue weighted by Gasteiger charge is 2.17. The fourth-order valence-corrected chi connectivity index (χ4v) is 6.55. The quantitative estimate of drug-likeness (QED) is 0.0546. The Hall–Kier alpha value is -4.23. The number of rotatable bonds is 34. The van der Waals surface area contributed by atoms with Gasteiger partial charge in [-0.1, -0.05) is 69.9 Å². The van der Waals surface area contributed by atoms with Crippen LogP contribution in [0, 0.1) is 0 Å². The number of aryl methyl sites for hydroxylation is 1. The summed E-state index contributed by atoms with van der Waals surface area (Å²) in [5.74, 6) is -2.18. The largest absolute Gasteiger partial charge is 0.480 e. The highest BCUT2D eigenvalue weighted by atomic mass is 32.2. The normalized spacial score (nSPS) is 11.6. The van der Waals surface area contributed by atoms with Gasteiger partial charge in [-0.2, -0.15) is 0 Å². The Morgan fingerprint density at radius 3 is 1.73 bits per heavy atom. The molecule has 0 aliphatic heterocycles. The van der Waals surface area contributed by atoms with E-state index in [-0.39, 0.29) is 94.2 Å². The van der Waals surface area contributed by atoms with Crippen molar-refractivity contribution in [1.82, 2.24) is 20.6 Å². The lowest BCUT2D eigenvalue weighted by Gasteiger charge is -2.19. The first-order valence-electron chi connectivity index (χ1n) is 20.5. The molecule has 0 aliphatic rings. The fraction of sp³-hybridized carbons (Fsp3) is 0.659. The number of amides is 2. The van der Waals surface area contributed by atoms with Crippen molar-refractivity contribution >= 4 is 39.5 Å². The van der Waals surface area contributed by atoms with Crippen LogP contribution >= 0.6 is 0 Å². The predicted molar refractivity (Wildman–Crippen MR) is 220 cm³/mol. The van der Waals surface area contributed by atoms with Gasteiger partial charge in [0.2, 0.25) is 11.7 Å². The molecule has 17 nitrogen and oxygen atoms in total. The number of carboxylic acid groups (broad SMARTS) is 1. The zero-order valence-corrected chi connectivity index (χ0v) is 35.8. The summed E-state index contributed by atoms with van der Waals surface area (Å²) in [5, 5.41) is 13.7. The van der Waals surface area contributed by atoms with E-state index in [0.717, 1.165) is 44.1 Å². The first-order valence-corrected chi connectivity index (χ1v) is 22.0. The molecule has 4 N–H and O–H groups in total. The molecule has 0 radical (unpaired) electrons. The molecule has 0 saturated heterocycles. The molecule has 1 heterocycles. The van der Waals surface area contributed by atoms with E-state index >= 15 is 0 Å². The molecular formula is C41H65N5O12S. The third-order valence-electron chi connectivity index (χ3n) is 8.41. The van der Waals surface area contributed by atoms with Crippen LogP contribution in [0.2, 0.25) is 0 Å². The van der Waals surface area contributed by atoms with Gasteiger partial charge < -0.3 is 39.4 Å². The summed E-state index contributed by atoms with van der Waals surface area (Å²) in [6, 6.07) is 6.82. The Morgan fingerprint density at radius 1 is 0.661 bits per heavy atom. The summed E-state index contributed by atoms with van der Waals surface area (Å²) in [6.07, 6.45) is 16.4. The molecule has 0 fully saturated rings. The van der Waals surface area contributed by atoms with E-state index in [9.17, 15) is 27.6 Å². The Labute approximate surface area is 349 Å². The molecule has 332 valence electrons. The molecule has 59 heavy (non-hydrogen) atoms. The van der Waals surface area contributed by atoms with Crippen LogP contribution in [0.25, 0.3) is 0 Å². The first kappa shape index (κ1) is 50.9. The van der Waals surface area contributed by atoms with Gasteiger partial charge in [0.25, 0.3) is 15.9 Å². The van der Waals surface area contributed by atoms with E-state index in [1.165, 1.54) is 50.9 Å². The minimum atomic E-state index is -3.88. The number of aromatic nitrogens is 2. The molecule has 0 aliphatic carbocycles. The van der Waals surface area contributed by atoms with E-state index in [2.05, 4.69) is 25.3 Å². The molecule has 2 aromatic rings. The van der Waals surface area contributed by atoms with E-state index < -0.39 is 27.5 Å². The zero-order chi connectivity index (χ0) is 43.2. The highest BCUT2D eigenvalue weighted by molar-refractivity contribution is 7.92. The Morgan fingerprint density at radius 2 is 1.17 bits per heavy atom. The number of carboxylic acids is 1. The molecule has 2 amide bonds. The molecule has 2 rings (SSSR count). The predicted octanol–water partition coefficient (Wildman–Crippen LogP) is 4.84. The lowest BCUT2D eigenvalue weighted by atomic mass is 10.0. The molecule has 0 saturated carbocycles. The number of unbranched alkanes of at least 4 members (excludes halogenated alkanes) is 10. The molecule has 1 aromatic carbocycles. The van der Waals surface area contributed by atoms with Crippen molar-refractivity contribution in [2.45, 2.75) is 115 Å². The van der Waals surface area contributed by atoms with Gasteiger partial charge in [0.15, 0.2) is 0 Å². The second-order valence-corrected chi connectivity index (χ2v) is 16.5. The number of anilines is 1. The lowest BCUT2D eigenvalue weighted by Crippen LogP contribution is -2.31. The number of benzene rings is 1. The average Bonchev–Trinajstić information content (AvgIpc) is 3.18. The van der Waals surface area contributed by atoms with Crippen LogP contribution < -0.4 is 15.4 Å². The van der Waals surface area contributed by atoms with E-state index in [1.807, 2.05) is 32.9 Å². The SMILES string of the molecule is CC(C)(C)OC(=O)CCCCCCCCCCCCCc1ccc(S(=O)(=O)Nc2cnc(C(=O)NCCOCCOCC(=O)NCCOCCOCC(=O)O)nc2)cc1. The molecule has 0 atom stereocenters. The zero-order valence-electron chi connectivity index (χ0n) is 35.0. The number of sulfonamides is 1. The summed E-state index contributed by atoms with van der Waals surface area (Å²) in [6.45, 7) is 6.69. The lowest BCUT2D eigenvalue weighted by molar-refractivity contribution is -0.155. The maximum absolute atomic E-state index is 13.0. The number of hydrogen-bond donors (Lipinski definition) is 4. The Kier molecular flexibility index (Phi) is 25.8. The van der Waals surface area contributed by atoms with Gasteiger partial charge >= 0.3 is 11.9 Å². The van der Waals surface area contributed by atoms with Gasteiger partial charge in [0, 0.05) is 19.5 Å². The van der Waals surface area contributed by atoms with Gasteiger partial charge in [-0.25, -0.2) is 23.2 Å². The minimum Gasteiger partial charge on any atom is -0.480 e. The van der Waals surface area contributed by atoms with Crippen molar-refractivity contribution < 1.29 is 56.4 Å². The van der Waals surface area contributed by atoms with Crippen LogP contribution in [0.5, 0.6) is 0 Å². The second-order valence-electron chi connectivity index (χ2n) is 14.8. The average molecular weight is 852 g/mol. The number of esters is 1. The standard InChI is InChI=1S/C41H65N5O12S/c1-41(2,3)58-38(50)16-14-12-10-8-6-4-5-7-9-11-13-15-33-17-19-35(20-18-33)59(52,53)46-34-29-44-39(45-30-34)40(51)43-22-24-55-25-27-56-31-36(47)42-21-23-54-26-28-57-32-37(48)49/h17-20,29-30,46H,4-16,21-28,31-32H2,1-3H3,(H,42,47)(H,43,51)(H,48,49). The molecule has 0 bridgehead atoms. The van der Waals surface area contributed by atoms with Gasteiger partial charge in [0.1, 0.15) is 18.8 Å². The van der Waals surface area contributed by atoms with Crippen LogP contribution in [0.3, 0.4) is 0 Å². The minimum absolute atomic E-state index is 0.107. The van der Waals surface area contributed by atoms with Gasteiger partial charge in [-0.3, -0.25) is 19.1 Å². The number of carbonyl (C=O) groups is 4. The number of aliphatic carboxylic acids is 1. The smallest absolute Gasteiger partial charge is 0.329 e. The number of nitrogens with one attached hydrogen (secondary N) is 3. The van der Waals surface area contributed by atoms with Crippen LogP contribution in [0.1, 0.15) is 114 Å². The summed E-state index contributed by atoms with van der Waals surface area (Å²) >= 11 is 0. The second kappa shape index (κ2) is 29.9. The summed E-state index contributed by atoms with van der Waals surface area (Å²) in [4.78, 5) is 54.3. The van der Waals surface area contributed by atoms with Crippen LogP contribution in [-0.4, -0.2) is 119 Å². The van der Waals surface area contributed by atoms with Crippen LogP contribution in [0.15, 0.2) is 41.6 Å².